The Kier molecular flexibility index (Phi) is 7.98. The summed E-state index contributed by atoms with van der Waals surface area (Å²) in [4.78, 5) is 12.4. The topological polar surface area (TPSA) is 69.2 Å². The van der Waals surface area contributed by atoms with Gasteiger partial charge in [-0.2, -0.15) is 5.10 Å². The van der Waals surface area contributed by atoms with Crippen LogP contribution in [0.15, 0.2) is 59.7 Å². The number of carbonyl (C=O) groups is 1. The molecule has 0 heterocycles. The smallest absolute Gasteiger partial charge is 0.275 e. The molecule has 0 unspecified atom stereocenters. The molecule has 0 atom stereocenters. The van der Waals surface area contributed by atoms with Gasteiger partial charge in [-0.15, -0.1) is 0 Å². The van der Waals surface area contributed by atoms with E-state index in [-0.39, 0.29) is 6.61 Å². The standard InChI is InChI=1S/C24H22Cl2N2O4/c1-15-8-9-18(21(10-15)30-2)24(29)28-27-13-16-11-20(26)23(22(12-16)31-3)32-14-17-6-4-5-7-19(17)25/h4-13H,14H2,1-3H3,(H,28,29)/b27-13-. The number of amides is 1. The second kappa shape index (κ2) is 10.9. The van der Waals surface area contributed by atoms with Crippen LogP contribution in [0.2, 0.25) is 10.0 Å². The molecule has 0 fully saturated rings. The van der Waals surface area contributed by atoms with Crippen molar-refractivity contribution in [1.82, 2.24) is 5.43 Å². The highest BCUT2D eigenvalue weighted by molar-refractivity contribution is 6.32. The molecule has 0 aliphatic carbocycles. The minimum atomic E-state index is -0.393. The van der Waals surface area contributed by atoms with E-state index in [1.165, 1.54) is 20.4 Å². The lowest BCUT2D eigenvalue weighted by Gasteiger charge is -2.14. The summed E-state index contributed by atoms with van der Waals surface area (Å²) in [6, 6.07) is 16.0. The van der Waals surface area contributed by atoms with Gasteiger partial charge in [0.2, 0.25) is 0 Å². The number of hydrazone groups is 1. The SMILES string of the molecule is COc1cc(C)ccc1C(=O)N/N=C\c1cc(Cl)c(OCc2ccccc2Cl)c(OC)c1. The predicted octanol–water partition coefficient (Wildman–Crippen LogP) is 5.66. The normalized spacial score (nSPS) is 10.8. The van der Waals surface area contributed by atoms with E-state index in [2.05, 4.69) is 10.5 Å². The predicted molar refractivity (Wildman–Crippen MR) is 127 cm³/mol. The van der Waals surface area contributed by atoms with Crippen molar-refractivity contribution in [1.29, 1.82) is 0 Å². The Balaban J connectivity index is 1.72. The second-order valence-electron chi connectivity index (χ2n) is 6.82. The first kappa shape index (κ1) is 23.4. The van der Waals surface area contributed by atoms with Gasteiger partial charge in [0.15, 0.2) is 11.5 Å². The highest BCUT2D eigenvalue weighted by Crippen LogP contribution is 2.37. The van der Waals surface area contributed by atoms with Crippen LogP contribution in [0.25, 0.3) is 0 Å². The van der Waals surface area contributed by atoms with E-state index in [1.807, 2.05) is 31.2 Å². The average molecular weight is 473 g/mol. The third kappa shape index (κ3) is 5.72. The molecule has 0 saturated carbocycles. The van der Waals surface area contributed by atoms with E-state index in [0.717, 1.165) is 11.1 Å². The highest BCUT2D eigenvalue weighted by atomic mass is 35.5. The van der Waals surface area contributed by atoms with Gasteiger partial charge >= 0.3 is 0 Å². The summed E-state index contributed by atoms with van der Waals surface area (Å²) >= 11 is 12.6. The molecular formula is C24H22Cl2N2O4. The summed E-state index contributed by atoms with van der Waals surface area (Å²) < 4.78 is 16.5. The molecule has 32 heavy (non-hydrogen) atoms. The minimum Gasteiger partial charge on any atom is -0.496 e. The molecule has 1 amide bonds. The van der Waals surface area contributed by atoms with Gasteiger partial charge in [0.1, 0.15) is 12.4 Å². The maximum atomic E-state index is 12.4. The molecule has 0 bridgehead atoms. The lowest BCUT2D eigenvalue weighted by Crippen LogP contribution is -2.18. The van der Waals surface area contributed by atoms with E-state index in [0.29, 0.717) is 38.4 Å². The van der Waals surface area contributed by atoms with Crippen LogP contribution in [0, 0.1) is 6.92 Å². The molecule has 1 N–H and O–H groups in total. The molecule has 6 nitrogen and oxygen atoms in total. The van der Waals surface area contributed by atoms with Gasteiger partial charge in [-0.25, -0.2) is 5.43 Å². The molecular weight excluding hydrogens is 451 g/mol. The van der Waals surface area contributed by atoms with E-state index in [1.54, 1.807) is 30.3 Å². The van der Waals surface area contributed by atoms with E-state index in [4.69, 9.17) is 37.4 Å². The zero-order valence-corrected chi connectivity index (χ0v) is 19.3. The van der Waals surface area contributed by atoms with Gasteiger partial charge in [-0.05, 0) is 48.4 Å². The van der Waals surface area contributed by atoms with Crippen molar-refractivity contribution < 1.29 is 19.0 Å². The van der Waals surface area contributed by atoms with Crippen LogP contribution in [0.5, 0.6) is 17.2 Å². The summed E-state index contributed by atoms with van der Waals surface area (Å²) in [6.45, 7) is 2.15. The Hall–Kier alpha value is -3.22. The van der Waals surface area contributed by atoms with Crippen LogP contribution in [-0.2, 0) is 6.61 Å². The number of benzene rings is 3. The maximum absolute atomic E-state index is 12.4. The van der Waals surface area contributed by atoms with Crippen LogP contribution in [0.1, 0.15) is 27.0 Å². The number of carbonyl (C=O) groups excluding carboxylic acids is 1. The average Bonchev–Trinajstić information content (AvgIpc) is 2.78. The quantitative estimate of drug-likeness (QED) is 0.339. The van der Waals surface area contributed by atoms with Gasteiger partial charge in [-0.3, -0.25) is 4.79 Å². The monoisotopic (exact) mass is 472 g/mol. The van der Waals surface area contributed by atoms with Gasteiger partial charge in [-0.1, -0.05) is 47.5 Å². The van der Waals surface area contributed by atoms with Crippen molar-refractivity contribution in [3.63, 3.8) is 0 Å². The first-order chi connectivity index (χ1) is 15.4. The summed E-state index contributed by atoms with van der Waals surface area (Å²) in [7, 11) is 3.03. The zero-order chi connectivity index (χ0) is 23.1. The Morgan fingerprint density at radius 1 is 1.00 bits per heavy atom. The molecule has 3 rings (SSSR count). The fourth-order valence-electron chi connectivity index (χ4n) is 2.93. The fraction of sp³-hybridized carbons (Fsp3) is 0.167. The fourth-order valence-corrected chi connectivity index (χ4v) is 3.40. The Morgan fingerprint density at radius 3 is 2.47 bits per heavy atom. The number of ether oxygens (including phenoxy) is 3. The summed E-state index contributed by atoms with van der Waals surface area (Å²) in [6.07, 6.45) is 1.46. The first-order valence-electron chi connectivity index (χ1n) is 9.64. The van der Waals surface area contributed by atoms with Crippen molar-refractivity contribution in [2.75, 3.05) is 14.2 Å². The molecule has 8 heteroatoms. The van der Waals surface area contributed by atoms with Crippen molar-refractivity contribution in [2.24, 2.45) is 5.10 Å². The number of nitrogens with zero attached hydrogens (tertiary/aromatic N) is 1. The van der Waals surface area contributed by atoms with Crippen LogP contribution >= 0.6 is 23.2 Å². The molecule has 0 aliphatic heterocycles. The number of hydrogen-bond acceptors (Lipinski definition) is 5. The summed E-state index contributed by atoms with van der Waals surface area (Å²) in [5.74, 6) is 0.899. The minimum absolute atomic E-state index is 0.234. The maximum Gasteiger partial charge on any atom is 0.275 e. The Bertz CT molecular complexity index is 1150. The molecule has 0 saturated heterocycles. The molecule has 0 radical (unpaired) electrons. The molecule has 3 aromatic rings. The number of aryl methyl sites for hydroxylation is 1. The van der Waals surface area contributed by atoms with E-state index < -0.39 is 5.91 Å². The Morgan fingerprint density at radius 2 is 1.75 bits per heavy atom. The van der Waals surface area contributed by atoms with Crippen molar-refractivity contribution in [3.05, 3.63) is 86.9 Å². The van der Waals surface area contributed by atoms with Crippen molar-refractivity contribution in [2.45, 2.75) is 13.5 Å². The molecule has 0 aromatic heterocycles. The number of methoxy groups -OCH3 is 2. The van der Waals surface area contributed by atoms with Crippen LogP contribution < -0.4 is 19.6 Å². The molecule has 166 valence electrons. The third-order valence-corrected chi connectivity index (χ3v) is 5.21. The van der Waals surface area contributed by atoms with Gasteiger partial charge in [0.05, 0.1) is 31.0 Å². The van der Waals surface area contributed by atoms with Gasteiger partial charge in [0, 0.05) is 10.6 Å². The summed E-state index contributed by atoms with van der Waals surface area (Å²) in [5, 5.41) is 4.96. The largest absolute Gasteiger partial charge is 0.496 e. The molecule has 0 spiro atoms. The van der Waals surface area contributed by atoms with Gasteiger partial charge in [0.25, 0.3) is 5.91 Å². The van der Waals surface area contributed by atoms with E-state index >= 15 is 0 Å². The first-order valence-corrected chi connectivity index (χ1v) is 10.4. The molecule has 3 aromatic carbocycles. The Labute approximate surface area is 196 Å². The van der Waals surface area contributed by atoms with E-state index in [9.17, 15) is 4.79 Å². The number of nitrogens with one attached hydrogen (secondary N) is 1. The number of hydrogen-bond donors (Lipinski definition) is 1. The zero-order valence-electron chi connectivity index (χ0n) is 17.8. The third-order valence-electron chi connectivity index (χ3n) is 4.56. The van der Waals surface area contributed by atoms with Crippen molar-refractivity contribution in [3.8, 4) is 17.2 Å². The van der Waals surface area contributed by atoms with Crippen molar-refractivity contribution >= 4 is 35.3 Å². The highest BCUT2D eigenvalue weighted by Gasteiger charge is 2.14. The summed E-state index contributed by atoms with van der Waals surface area (Å²) in [5.41, 5.74) is 5.30. The lowest BCUT2D eigenvalue weighted by molar-refractivity contribution is 0.0952. The number of halogens is 2. The number of rotatable bonds is 8. The second-order valence-corrected chi connectivity index (χ2v) is 7.63. The van der Waals surface area contributed by atoms with Crippen LogP contribution in [0.3, 0.4) is 0 Å². The van der Waals surface area contributed by atoms with Crippen LogP contribution in [0.4, 0.5) is 0 Å². The molecule has 0 aliphatic rings. The lowest BCUT2D eigenvalue weighted by atomic mass is 10.1. The van der Waals surface area contributed by atoms with Crippen LogP contribution in [-0.4, -0.2) is 26.3 Å². The van der Waals surface area contributed by atoms with Gasteiger partial charge < -0.3 is 14.2 Å².